The maximum atomic E-state index is 12.6. The van der Waals surface area contributed by atoms with Crippen LogP contribution in [0.5, 0.6) is 0 Å². The molecule has 4 fully saturated rings. The number of hydrogen-bond donors (Lipinski definition) is 1. The molecule has 5 aliphatic carbocycles. The summed E-state index contributed by atoms with van der Waals surface area (Å²) in [7, 11) is 4.55. The lowest BCUT2D eigenvalue weighted by Crippen LogP contribution is -2.59. The van der Waals surface area contributed by atoms with Crippen molar-refractivity contribution in [2.75, 3.05) is 20.7 Å². The molecule has 0 aliphatic heterocycles. The van der Waals surface area contributed by atoms with Crippen molar-refractivity contribution >= 4 is 5.78 Å². The highest BCUT2D eigenvalue weighted by atomic mass is 16.3. The van der Waals surface area contributed by atoms with E-state index in [1.807, 2.05) is 0 Å². The molecule has 0 unspecified atom stereocenters. The summed E-state index contributed by atoms with van der Waals surface area (Å²) in [6.07, 6.45) is 12.5. The minimum Gasteiger partial charge on any atom is -0.388 e. The Morgan fingerprint density at radius 1 is 1.03 bits per heavy atom. The van der Waals surface area contributed by atoms with Crippen molar-refractivity contribution < 1.29 is 9.90 Å². The van der Waals surface area contributed by atoms with Crippen LogP contribution in [0, 0.1) is 38.9 Å². The molecular weight excluding hydrogens is 358 g/mol. The van der Waals surface area contributed by atoms with E-state index in [4.69, 9.17) is 0 Å². The van der Waals surface area contributed by atoms with Crippen LogP contribution in [0.3, 0.4) is 0 Å². The molecule has 0 saturated heterocycles. The third kappa shape index (κ3) is 2.10. The van der Waals surface area contributed by atoms with Crippen LogP contribution in [0.4, 0.5) is 0 Å². The smallest absolute Gasteiger partial charge is 0.184 e. The van der Waals surface area contributed by atoms with E-state index >= 15 is 0 Å². The zero-order chi connectivity index (χ0) is 21.0. The van der Waals surface area contributed by atoms with E-state index in [9.17, 15) is 9.90 Å². The number of aliphatic hydroxyl groups excluding tert-OH is 1. The topological polar surface area (TPSA) is 40.5 Å². The summed E-state index contributed by atoms with van der Waals surface area (Å²) < 4.78 is 0. The monoisotopic (exact) mass is 399 g/mol. The van der Waals surface area contributed by atoms with Gasteiger partial charge in [0.05, 0.1) is 0 Å². The first kappa shape index (κ1) is 20.2. The molecule has 0 bridgehead atoms. The summed E-state index contributed by atoms with van der Waals surface area (Å²) >= 11 is 0. The van der Waals surface area contributed by atoms with Crippen molar-refractivity contribution in [3.63, 3.8) is 0 Å². The second kappa shape index (κ2) is 5.76. The van der Waals surface area contributed by atoms with Gasteiger partial charge >= 0.3 is 0 Å². The van der Waals surface area contributed by atoms with Crippen LogP contribution < -0.4 is 0 Å². The molecule has 0 amide bonds. The molecule has 0 aromatic carbocycles. The van der Waals surface area contributed by atoms with Crippen LogP contribution in [0.25, 0.3) is 0 Å². The van der Waals surface area contributed by atoms with Crippen LogP contribution >= 0.6 is 0 Å². The summed E-state index contributed by atoms with van der Waals surface area (Å²) in [5, 5.41) is 9.56. The first-order valence-corrected chi connectivity index (χ1v) is 12.0. The summed E-state index contributed by atoms with van der Waals surface area (Å²) in [6.45, 7) is 9.62. The zero-order valence-electron chi connectivity index (χ0n) is 19.5. The van der Waals surface area contributed by atoms with Gasteiger partial charge in [0.2, 0.25) is 0 Å². The molecular formula is C26H41NO2. The number of hydrogen-bond acceptors (Lipinski definition) is 3. The molecule has 2 spiro atoms. The average molecular weight is 400 g/mol. The van der Waals surface area contributed by atoms with Crippen LogP contribution in [-0.2, 0) is 4.79 Å². The summed E-state index contributed by atoms with van der Waals surface area (Å²) in [4.78, 5) is 15.0. The summed E-state index contributed by atoms with van der Waals surface area (Å²) in [6, 6.07) is 0.693. The van der Waals surface area contributed by atoms with Crippen molar-refractivity contribution in [2.24, 2.45) is 38.9 Å². The number of allylic oxidation sites excluding steroid dienone is 1. The molecule has 29 heavy (non-hydrogen) atoms. The Labute approximate surface area is 177 Å². The quantitative estimate of drug-likeness (QED) is 0.738. The van der Waals surface area contributed by atoms with Crippen LogP contribution in [0.1, 0.15) is 79.1 Å². The van der Waals surface area contributed by atoms with E-state index in [0.29, 0.717) is 22.3 Å². The van der Waals surface area contributed by atoms with Gasteiger partial charge in [-0.05, 0) is 99.0 Å². The number of nitrogens with zero attached hydrogens (tertiary/aromatic N) is 1. The fraction of sp³-hybridized carbons (Fsp3) is 0.885. The van der Waals surface area contributed by atoms with E-state index in [1.54, 1.807) is 0 Å². The normalized spacial score (nSPS) is 52.1. The van der Waals surface area contributed by atoms with E-state index < -0.39 is 0 Å². The maximum absolute atomic E-state index is 12.6. The van der Waals surface area contributed by atoms with E-state index in [2.05, 4.69) is 52.8 Å². The number of Topliss-reactive ketones (excluding diaryl/α,β-unsaturated/α-hetero) is 1. The number of fused-ring (bicyclic) bond motifs is 2. The second-order valence-corrected chi connectivity index (χ2v) is 12.7. The van der Waals surface area contributed by atoms with E-state index in [0.717, 1.165) is 30.3 Å². The highest BCUT2D eigenvalue weighted by Gasteiger charge is 2.81. The molecule has 0 aromatic rings. The number of aliphatic hydroxyl groups is 1. The van der Waals surface area contributed by atoms with Gasteiger partial charge in [0.25, 0.3) is 0 Å². The Morgan fingerprint density at radius 2 is 1.69 bits per heavy atom. The first-order valence-electron chi connectivity index (χ1n) is 12.0. The molecule has 5 aliphatic rings. The summed E-state index contributed by atoms with van der Waals surface area (Å²) in [5.41, 5.74) is 2.54. The predicted octanol–water partition coefficient (Wildman–Crippen LogP) is 4.84. The Kier molecular flexibility index (Phi) is 4.02. The molecule has 0 heterocycles. The molecule has 5 rings (SSSR count). The lowest BCUT2D eigenvalue weighted by Gasteiger charge is -2.63. The molecule has 3 heteroatoms. The number of carbonyl (C=O) groups excluding carboxylic acids is 1. The lowest BCUT2D eigenvalue weighted by molar-refractivity contribution is -0.140. The van der Waals surface area contributed by atoms with E-state index in [1.165, 1.54) is 38.5 Å². The van der Waals surface area contributed by atoms with Gasteiger partial charge in [-0.1, -0.05) is 33.8 Å². The Morgan fingerprint density at radius 3 is 2.34 bits per heavy atom. The fourth-order valence-electron chi connectivity index (χ4n) is 10.3. The second-order valence-electron chi connectivity index (χ2n) is 12.7. The summed E-state index contributed by atoms with van der Waals surface area (Å²) in [5.74, 6) is 1.55. The Hall–Kier alpha value is -0.670. The molecule has 4 saturated carbocycles. The van der Waals surface area contributed by atoms with Crippen LogP contribution in [0.15, 0.2) is 11.6 Å². The minimum absolute atomic E-state index is 0.0287. The molecule has 0 radical (unpaired) electrons. The first-order chi connectivity index (χ1) is 13.5. The number of ketones is 1. The molecule has 7 atom stereocenters. The van der Waals surface area contributed by atoms with Crippen LogP contribution in [-0.4, -0.2) is 42.5 Å². The van der Waals surface area contributed by atoms with Gasteiger partial charge in [-0.3, -0.25) is 4.79 Å². The predicted molar refractivity (Wildman–Crippen MR) is 116 cm³/mol. The minimum atomic E-state index is -0.334. The van der Waals surface area contributed by atoms with Gasteiger partial charge in [0.1, 0.15) is 6.61 Å². The van der Waals surface area contributed by atoms with Crippen LogP contribution in [0.2, 0.25) is 0 Å². The number of carbonyl (C=O) groups is 1. The standard InChI is InChI=1S/C26H41NO2/c1-22(2)19-7-8-20-24(4)11-9-17(18(29)15-28)23(24,3)13-14-26(20)16-25(19,26)12-10-21(22)27(5)6/h9,19-21,28H,7-8,10-16H2,1-6H3/t19-,20-,21-,23+,24-,25+,26-/m0/s1. The molecule has 1 N–H and O–H groups in total. The highest BCUT2D eigenvalue weighted by molar-refractivity contribution is 5.98. The van der Waals surface area contributed by atoms with Gasteiger partial charge in [-0.25, -0.2) is 0 Å². The van der Waals surface area contributed by atoms with Crippen molar-refractivity contribution in [3.05, 3.63) is 11.6 Å². The fourth-order valence-corrected chi connectivity index (χ4v) is 10.3. The molecule has 162 valence electrons. The maximum Gasteiger partial charge on any atom is 0.184 e. The SMILES string of the molecule is CN(C)[C@H]1CC[C@]23C[C@]24CC[C@]2(C)C(C(=O)CO)=CC[C@@]2(C)[C@@H]4CC[C@H]3C1(C)C. The Bertz CT molecular complexity index is 784. The van der Waals surface area contributed by atoms with Gasteiger partial charge < -0.3 is 10.0 Å². The van der Waals surface area contributed by atoms with Gasteiger partial charge in [0, 0.05) is 17.0 Å². The molecule has 0 aromatic heterocycles. The van der Waals surface area contributed by atoms with Crippen molar-refractivity contribution in [3.8, 4) is 0 Å². The largest absolute Gasteiger partial charge is 0.388 e. The van der Waals surface area contributed by atoms with Gasteiger partial charge in [-0.15, -0.1) is 0 Å². The third-order valence-electron chi connectivity index (χ3n) is 11.7. The van der Waals surface area contributed by atoms with Crippen molar-refractivity contribution in [1.29, 1.82) is 0 Å². The van der Waals surface area contributed by atoms with Crippen molar-refractivity contribution in [1.82, 2.24) is 4.90 Å². The molecule has 3 nitrogen and oxygen atoms in total. The highest BCUT2D eigenvalue weighted by Crippen LogP contribution is 2.88. The van der Waals surface area contributed by atoms with Gasteiger partial charge in [0.15, 0.2) is 5.78 Å². The van der Waals surface area contributed by atoms with E-state index in [-0.39, 0.29) is 23.2 Å². The Balaban J connectivity index is 1.50. The zero-order valence-corrected chi connectivity index (χ0v) is 19.5. The average Bonchev–Trinajstić information content (AvgIpc) is 3.23. The van der Waals surface area contributed by atoms with Gasteiger partial charge in [-0.2, -0.15) is 0 Å². The van der Waals surface area contributed by atoms with Crippen molar-refractivity contribution in [2.45, 2.75) is 85.1 Å². The number of rotatable bonds is 3. The lowest BCUT2D eigenvalue weighted by atomic mass is 9.42. The third-order valence-corrected chi connectivity index (χ3v) is 11.7.